The van der Waals surface area contributed by atoms with Gasteiger partial charge in [0.25, 0.3) is 0 Å². The first-order valence-corrected chi connectivity index (χ1v) is 6.39. The lowest BCUT2D eigenvalue weighted by Gasteiger charge is -2.26. The van der Waals surface area contributed by atoms with E-state index in [2.05, 4.69) is 15.3 Å². The van der Waals surface area contributed by atoms with Crippen LogP contribution in [0.15, 0.2) is 0 Å². The molecule has 1 aromatic heterocycles. The Morgan fingerprint density at radius 1 is 1.50 bits per heavy atom. The van der Waals surface area contributed by atoms with Crippen LogP contribution in [0.2, 0.25) is 5.15 Å². The fourth-order valence-corrected chi connectivity index (χ4v) is 2.22. The fraction of sp³-hybridized carbons (Fsp3) is 0.667. The van der Waals surface area contributed by atoms with Crippen LogP contribution < -0.4 is 5.32 Å². The first-order chi connectivity index (χ1) is 8.42. The zero-order valence-corrected chi connectivity index (χ0v) is 11.6. The number of ether oxygens (including phenoxy) is 1. The normalized spacial score (nSPS) is 27.5. The minimum atomic E-state index is -0.849. The zero-order chi connectivity index (χ0) is 13.3. The van der Waals surface area contributed by atoms with Crippen LogP contribution in [0.25, 0.3) is 0 Å². The maximum atomic E-state index is 10.4. The summed E-state index contributed by atoms with van der Waals surface area (Å²) < 4.78 is 5.39. The second-order valence-corrected chi connectivity index (χ2v) is 5.11. The third kappa shape index (κ3) is 2.58. The molecule has 1 aliphatic heterocycles. The molecule has 100 valence electrons. The molecule has 0 aliphatic carbocycles. The van der Waals surface area contributed by atoms with E-state index in [9.17, 15) is 5.11 Å². The van der Waals surface area contributed by atoms with Gasteiger partial charge in [-0.15, -0.1) is 0 Å². The highest BCUT2D eigenvalue weighted by molar-refractivity contribution is 6.30. The van der Waals surface area contributed by atoms with E-state index >= 15 is 0 Å². The number of aromatic nitrogens is 2. The second kappa shape index (κ2) is 4.99. The van der Waals surface area contributed by atoms with Crippen LogP contribution in [-0.2, 0) is 4.74 Å². The Hall–Kier alpha value is -0.910. The number of aryl methyl sites for hydroxylation is 1. The van der Waals surface area contributed by atoms with Gasteiger partial charge < -0.3 is 15.2 Å². The molecule has 0 radical (unpaired) electrons. The van der Waals surface area contributed by atoms with Crippen molar-refractivity contribution < 1.29 is 9.84 Å². The summed E-state index contributed by atoms with van der Waals surface area (Å²) >= 11 is 6.00. The van der Waals surface area contributed by atoms with E-state index in [1.807, 2.05) is 13.8 Å². The standard InChI is InChI=1S/C12H18ClN3O2/c1-7-10(13)15-9(3)16-11(7)14-6-12(17)4-5-18-8(12)2/h8,17H,4-6H2,1-3H3,(H,14,15,16). The fourth-order valence-electron chi connectivity index (χ4n) is 2.01. The minimum Gasteiger partial charge on any atom is -0.385 e. The molecule has 0 bridgehead atoms. The van der Waals surface area contributed by atoms with Gasteiger partial charge in [0.15, 0.2) is 0 Å². The van der Waals surface area contributed by atoms with Crippen LogP contribution in [0.3, 0.4) is 0 Å². The number of nitrogens with zero attached hydrogens (tertiary/aromatic N) is 2. The number of aliphatic hydroxyl groups is 1. The monoisotopic (exact) mass is 271 g/mol. The Labute approximate surface area is 112 Å². The zero-order valence-electron chi connectivity index (χ0n) is 10.8. The van der Waals surface area contributed by atoms with Crippen molar-refractivity contribution in [3.63, 3.8) is 0 Å². The molecule has 2 N–H and O–H groups in total. The molecule has 2 unspecified atom stereocenters. The number of halogens is 1. The highest BCUT2D eigenvalue weighted by atomic mass is 35.5. The third-order valence-corrected chi connectivity index (χ3v) is 3.79. The van der Waals surface area contributed by atoms with Gasteiger partial charge in [0.05, 0.1) is 6.10 Å². The molecule has 0 spiro atoms. The molecule has 18 heavy (non-hydrogen) atoms. The molecule has 0 saturated carbocycles. The lowest BCUT2D eigenvalue weighted by atomic mass is 9.97. The molecule has 1 aromatic rings. The topological polar surface area (TPSA) is 67.3 Å². The molecule has 2 atom stereocenters. The number of hydrogen-bond acceptors (Lipinski definition) is 5. The van der Waals surface area contributed by atoms with Gasteiger partial charge in [-0.25, -0.2) is 9.97 Å². The summed E-state index contributed by atoms with van der Waals surface area (Å²) in [6, 6.07) is 0. The SMILES string of the molecule is Cc1nc(Cl)c(C)c(NCC2(O)CCOC2C)n1. The minimum absolute atomic E-state index is 0.177. The Bertz CT molecular complexity index is 455. The molecule has 1 fully saturated rings. The van der Waals surface area contributed by atoms with E-state index in [1.165, 1.54) is 0 Å². The summed E-state index contributed by atoms with van der Waals surface area (Å²) in [6.45, 7) is 6.48. The first-order valence-electron chi connectivity index (χ1n) is 6.01. The lowest BCUT2D eigenvalue weighted by molar-refractivity contribution is -0.0176. The summed E-state index contributed by atoms with van der Waals surface area (Å²) in [5, 5.41) is 14.0. The molecular formula is C12H18ClN3O2. The predicted octanol–water partition coefficient (Wildman–Crippen LogP) is 1.70. The molecule has 2 heterocycles. The van der Waals surface area contributed by atoms with E-state index in [0.29, 0.717) is 36.4 Å². The van der Waals surface area contributed by atoms with Crippen molar-refractivity contribution in [1.82, 2.24) is 9.97 Å². The van der Waals surface area contributed by atoms with Crippen LogP contribution in [-0.4, -0.2) is 39.9 Å². The molecule has 6 heteroatoms. The molecule has 1 saturated heterocycles. The molecule has 2 rings (SSSR count). The van der Waals surface area contributed by atoms with E-state index < -0.39 is 5.60 Å². The molecule has 5 nitrogen and oxygen atoms in total. The van der Waals surface area contributed by atoms with E-state index in [1.54, 1.807) is 6.92 Å². The summed E-state index contributed by atoms with van der Waals surface area (Å²) in [6.07, 6.45) is 0.446. The average molecular weight is 272 g/mol. The summed E-state index contributed by atoms with van der Waals surface area (Å²) in [4.78, 5) is 8.37. The Morgan fingerprint density at radius 3 is 2.83 bits per heavy atom. The van der Waals surface area contributed by atoms with Gasteiger partial charge in [0, 0.05) is 25.1 Å². The van der Waals surface area contributed by atoms with Gasteiger partial charge in [0.2, 0.25) is 0 Å². The predicted molar refractivity (Wildman–Crippen MR) is 70.0 cm³/mol. The molecule has 1 aliphatic rings. The van der Waals surface area contributed by atoms with Gasteiger partial charge >= 0.3 is 0 Å². The number of nitrogens with one attached hydrogen (secondary N) is 1. The van der Waals surface area contributed by atoms with Crippen molar-refractivity contribution in [3.05, 3.63) is 16.5 Å². The maximum Gasteiger partial charge on any atom is 0.137 e. The van der Waals surface area contributed by atoms with Crippen LogP contribution in [0.1, 0.15) is 24.7 Å². The Balaban J connectivity index is 2.11. The summed E-state index contributed by atoms with van der Waals surface area (Å²) in [5.74, 6) is 1.27. The summed E-state index contributed by atoms with van der Waals surface area (Å²) in [5.41, 5.74) is -0.0601. The van der Waals surface area contributed by atoms with Crippen molar-refractivity contribution >= 4 is 17.4 Å². The highest BCUT2D eigenvalue weighted by Crippen LogP contribution is 2.27. The largest absolute Gasteiger partial charge is 0.385 e. The lowest BCUT2D eigenvalue weighted by Crippen LogP contribution is -2.43. The smallest absolute Gasteiger partial charge is 0.137 e. The molecule has 0 aromatic carbocycles. The van der Waals surface area contributed by atoms with Gasteiger partial charge in [-0.2, -0.15) is 0 Å². The summed E-state index contributed by atoms with van der Waals surface area (Å²) in [7, 11) is 0. The van der Waals surface area contributed by atoms with Crippen LogP contribution in [0.5, 0.6) is 0 Å². The molecular weight excluding hydrogens is 254 g/mol. The number of hydrogen-bond donors (Lipinski definition) is 2. The second-order valence-electron chi connectivity index (χ2n) is 4.76. The quantitative estimate of drug-likeness (QED) is 0.819. The van der Waals surface area contributed by atoms with Crippen molar-refractivity contribution in [2.24, 2.45) is 0 Å². The van der Waals surface area contributed by atoms with Crippen molar-refractivity contribution in [3.8, 4) is 0 Å². The van der Waals surface area contributed by atoms with E-state index in [4.69, 9.17) is 16.3 Å². The van der Waals surface area contributed by atoms with Gasteiger partial charge in [-0.1, -0.05) is 11.6 Å². The van der Waals surface area contributed by atoms with E-state index in [-0.39, 0.29) is 6.10 Å². The number of rotatable bonds is 3. The van der Waals surface area contributed by atoms with Crippen LogP contribution >= 0.6 is 11.6 Å². The van der Waals surface area contributed by atoms with Crippen LogP contribution in [0.4, 0.5) is 5.82 Å². The van der Waals surface area contributed by atoms with E-state index in [0.717, 1.165) is 5.56 Å². The third-order valence-electron chi connectivity index (χ3n) is 3.42. The Kier molecular flexibility index (Phi) is 3.75. The van der Waals surface area contributed by atoms with Crippen molar-refractivity contribution in [2.45, 2.75) is 38.9 Å². The van der Waals surface area contributed by atoms with Crippen molar-refractivity contribution in [2.75, 3.05) is 18.5 Å². The highest BCUT2D eigenvalue weighted by Gasteiger charge is 2.39. The van der Waals surface area contributed by atoms with Gasteiger partial charge in [0.1, 0.15) is 22.4 Å². The van der Waals surface area contributed by atoms with Gasteiger partial charge in [-0.05, 0) is 20.8 Å². The molecule has 0 amide bonds. The Morgan fingerprint density at radius 2 is 2.22 bits per heavy atom. The van der Waals surface area contributed by atoms with Gasteiger partial charge in [-0.3, -0.25) is 0 Å². The van der Waals surface area contributed by atoms with Crippen LogP contribution in [0, 0.1) is 13.8 Å². The number of anilines is 1. The van der Waals surface area contributed by atoms with Crippen molar-refractivity contribution in [1.29, 1.82) is 0 Å². The first kappa shape index (κ1) is 13.5. The maximum absolute atomic E-state index is 10.4. The average Bonchev–Trinajstić information content (AvgIpc) is 2.63.